The number of benzene rings is 4. The fourth-order valence-electron chi connectivity index (χ4n) is 5.41. The molecule has 43 heavy (non-hydrogen) atoms. The van der Waals surface area contributed by atoms with Gasteiger partial charge in [0.15, 0.2) is 0 Å². The van der Waals surface area contributed by atoms with Crippen LogP contribution in [0.15, 0.2) is 109 Å². The van der Waals surface area contributed by atoms with Crippen LogP contribution >= 0.6 is 0 Å². The van der Waals surface area contributed by atoms with E-state index in [0.717, 1.165) is 22.0 Å². The molecule has 0 bridgehead atoms. The molecule has 0 spiro atoms. The van der Waals surface area contributed by atoms with Crippen molar-refractivity contribution in [1.82, 2.24) is 4.57 Å². The van der Waals surface area contributed by atoms with Gasteiger partial charge in [0, 0.05) is 29.6 Å². The Morgan fingerprint density at radius 1 is 0.930 bits per heavy atom. The standard InChI is InChI=1S/C37H36N2O4/c1-25-10-8-12-30(22-25)37(31-13-5-4-11-26(31)2)39-20-19-29-24-28(17-18-33(29)39)27(3)23-35(40)38-32-14-6-7-15-34(32)43-21-9-16-36(41)42/h4-8,10-15,17-20,22-24,37H,9,16,21H2,1-3H3,(H,38,40)(H,41,42)/b27-23+. The Labute approximate surface area is 252 Å². The number of amides is 1. The number of ether oxygens (including phenoxy) is 1. The Morgan fingerprint density at radius 3 is 2.51 bits per heavy atom. The lowest BCUT2D eigenvalue weighted by Gasteiger charge is -2.24. The molecule has 4 aromatic carbocycles. The van der Waals surface area contributed by atoms with E-state index in [2.05, 4.69) is 103 Å². The number of hydrogen-bond donors (Lipinski definition) is 2. The Bertz CT molecular complexity index is 1800. The van der Waals surface area contributed by atoms with Crippen LogP contribution in [-0.4, -0.2) is 28.2 Å². The van der Waals surface area contributed by atoms with Gasteiger partial charge in [-0.25, -0.2) is 0 Å². The highest BCUT2D eigenvalue weighted by Crippen LogP contribution is 2.34. The summed E-state index contributed by atoms with van der Waals surface area (Å²) in [4.78, 5) is 23.7. The third-order valence-electron chi connectivity index (χ3n) is 7.58. The van der Waals surface area contributed by atoms with Crippen LogP contribution < -0.4 is 10.1 Å². The molecule has 1 heterocycles. The summed E-state index contributed by atoms with van der Waals surface area (Å²) in [5.41, 5.74) is 8.40. The van der Waals surface area contributed by atoms with E-state index in [1.54, 1.807) is 18.2 Å². The molecular formula is C37H36N2O4. The summed E-state index contributed by atoms with van der Waals surface area (Å²) in [5, 5.41) is 12.8. The predicted octanol–water partition coefficient (Wildman–Crippen LogP) is 8.18. The van der Waals surface area contributed by atoms with Gasteiger partial charge in [0.2, 0.25) is 5.91 Å². The number of aliphatic carboxylic acids is 1. The van der Waals surface area contributed by atoms with Crippen LogP contribution in [0.2, 0.25) is 0 Å². The third kappa shape index (κ3) is 7.04. The Kier molecular flexibility index (Phi) is 9.06. The number of anilines is 1. The van der Waals surface area contributed by atoms with Gasteiger partial charge in [-0.05, 0) is 85.4 Å². The smallest absolute Gasteiger partial charge is 0.303 e. The number of carboxylic acid groups (broad SMARTS) is 1. The molecule has 6 nitrogen and oxygen atoms in total. The molecule has 5 rings (SSSR count). The van der Waals surface area contributed by atoms with E-state index in [0.29, 0.717) is 17.9 Å². The highest BCUT2D eigenvalue weighted by atomic mass is 16.5. The second kappa shape index (κ2) is 13.3. The van der Waals surface area contributed by atoms with E-state index in [-0.39, 0.29) is 25.0 Å². The monoisotopic (exact) mass is 572 g/mol. The molecular weight excluding hydrogens is 536 g/mol. The zero-order chi connectivity index (χ0) is 30.3. The predicted molar refractivity (Wildman–Crippen MR) is 173 cm³/mol. The van der Waals surface area contributed by atoms with Crippen LogP contribution in [0.5, 0.6) is 5.75 Å². The highest BCUT2D eigenvalue weighted by molar-refractivity contribution is 6.05. The summed E-state index contributed by atoms with van der Waals surface area (Å²) in [6.07, 6.45) is 4.15. The fraction of sp³-hybridized carbons (Fsp3) is 0.189. The first-order valence-electron chi connectivity index (χ1n) is 14.5. The van der Waals surface area contributed by atoms with Gasteiger partial charge >= 0.3 is 5.97 Å². The van der Waals surface area contributed by atoms with Crippen molar-refractivity contribution < 1.29 is 19.4 Å². The topological polar surface area (TPSA) is 80.6 Å². The molecule has 1 aromatic heterocycles. The molecule has 0 radical (unpaired) electrons. The van der Waals surface area contributed by atoms with Crippen molar-refractivity contribution >= 4 is 34.0 Å². The van der Waals surface area contributed by atoms with E-state index in [9.17, 15) is 9.59 Å². The number of carbonyl (C=O) groups is 2. The molecule has 1 unspecified atom stereocenters. The molecule has 0 aliphatic rings. The lowest BCUT2D eigenvalue weighted by atomic mass is 9.93. The van der Waals surface area contributed by atoms with Gasteiger partial charge in [0.1, 0.15) is 5.75 Å². The maximum atomic E-state index is 13.0. The van der Waals surface area contributed by atoms with Gasteiger partial charge in [-0.2, -0.15) is 0 Å². The van der Waals surface area contributed by atoms with Crippen LogP contribution in [0, 0.1) is 13.8 Å². The van der Waals surface area contributed by atoms with E-state index in [1.807, 2.05) is 19.1 Å². The van der Waals surface area contributed by atoms with Crippen LogP contribution in [0.25, 0.3) is 16.5 Å². The van der Waals surface area contributed by atoms with Gasteiger partial charge in [-0.3, -0.25) is 9.59 Å². The van der Waals surface area contributed by atoms with Crippen LogP contribution in [0.4, 0.5) is 5.69 Å². The number of allylic oxidation sites excluding steroid dienone is 1. The number of nitrogens with zero attached hydrogens (tertiary/aromatic N) is 1. The van der Waals surface area contributed by atoms with Crippen LogP contribution in [0.1, 0.15) is 53.6 Å². The van der Waals surface area contributed by atoms with Crippen molar-refractivity contribution in [2.45, 2.75) is 39.7 Å². The van der Waals surface area contributed by atoms with E-state index < -0.39 is 5.97 Å². The first-order chi connectivity index (χ1) is 20.8. The number of fused-ring (bicyclic) bond motifs is 1. The molecule has 0 fully saturated rings. The van der Waals surface area contributed by atoms with Crippen molar-refractivity contribution in [2.75, 3.05) is 11.9 Å². The van der Waals surface area contributed by atoms with Crippen molar-refractivity contribution in [2.24, 2.45) is 0 Å². The lowest BCUT2D eigenvalue weighted by molar-refractivity contribution is -0.137. The summed E-state index contributed by atoms with van der Waals surface area (Å²) >= 11 is 0. The van der Waals surface area contributed by atoms with Crippen molar-refractivity contribution in [3.8, 4) is 5.75 Å². The molecule has 0 aliphatic heterocycles. The number of nitrogens with one attached hydrogen (secondary N) is 1. The third-order valence-corrected chi connectivity index (χ3v) is 7.58. The van der Waals surface area contributed by atoms with Crippen LogP contribution in [0.3, 0.4) is 0 Å². The Morgan fingerprint density at radius 2 is 1.72 bits per heavy atom. The molecule has 6 heteroatoms. The number of aromatic nitrogens is 1. The zero-order valence-electron chi connectivity index (χ0n) is 24.7. The molecule has 218 valence electrons. The minimum absolute atomic E-state index is 0.0262. The van der Waals surface area contributed by atoms with E-state index >= 15 is 0 Å². The summed E-state index contributed by atoms with van der Waals surface area (Å²) < 4.78 is 8.05. The van der Waals surface area contributed by atoms with Crippen molar-refractivity contribution in [3.63, 3.8) is 0 Å². The van der Waals surface area contributed by atoms with Gasteiger partial charge in [0.05, 0.1) is 18.3 Å². The maximum Gasteiger partial charge on any atom is 0.303 e. The maximum absolute atomic E-state index is 13.0. The average molecular weight is 573 g/mol. The van der Waals surface area contributed by atoms with Gasteiger partial charge in [-0.15, -0.1) is 0 Å². The summed E-state index contributed by atoms with van der Waals surface area (Å²) in [5.74, 6) is -0.624. The Hall–Kier alpha value is -5.10. The molecule has 5 aromatic rings. The zero-order valence-corrected chi connectivity index (χ0v) is 24.7. The molecule has 1 amide bonds. The fourth-order valence-corrected chi connectivity index (χ4v) is 5.41. The summed E-state index contributed by atoms with van der Waals surface area (Å²) in [6.45, 7) is 6.46. The molecule has 2 N–H and O–H groups in total. The average Bonchev–Trinajstić information content (AvgIpc) is 3.40. The molecule has 0 saturated carbocycles. The second-order valence-electron chi connectivity index (χ2n) is 10.8. The van der Waals surface area contributed by atoms with Crippen LogP contribution in [-0.2, 0) is 9.59 Å². The largest absolute Gasteiger partial charge is 0.491 e. The van der Waals surface area contributed by atoms with Gasteiger partial charge < -0.3 is 19.7 Å². The lowest BCUT2D eigenvalue weighted by Crippen LogP contribution is -2.13. The summed E-state index contributed by atoms with van der Waals surface area (Å²) in [7, 11) is 0. The normalized spacial score (nSPS) is 12.2. The number of aryl methyl sites for hydroxylation is 2. The van der Waals surface area contributed by atoms with Gasteiger partial charge in [-0.1, -0.05) is 72.3 Å². The molecule has 1 atom stereocenters. The quantitative estimate of drug-likeness (QED) is 0.124. The number of rotatable bonds is 11. The number of para-hydroxylation sites is 2. The number of hydrogen-bond acceptors (Lipinski definition) is 3. The number of carboxylic acids is 1. The van der Waals surface area contributed by atoms with E-state index in [4.69, 9.17) is 9.84 Å². The first kappa shape index (κ1) is 29.4. The summed E-state index contributed by atoms with van der Waals surface area (Å²) in [6, 6.07) is 32.8. The minimum Gasteiger partial charge on any atom is -0.491 e. The van der Waals surface area contributed by atoms with E-state index in [1.165, 1.54) is 22.3 Å². The first-order valence-corrected chi connectivity index (χ1v) is 14.5. The number of carbonyl (C=O) groups excluding carboxylic acids is 1. The highest BCUT2D eigenvalue weighted by Gasteiger charge is 2.20. The van der Waals surface area contributed by atoms with Crippen molar-refractivity contribution in [3.05, 3.63) is 137 Å². The van der Waals surface area contributed by atoms with Crippen molar-refractivity contribution in [1.29, 1.82) is 0 Å². The second-order valence-corrected chi connectivity index (χ2v) is 10.8. The minimum atomic E-state index is -0.863. The van der Waals surface area contributed by atoms with Gasteiger partial charge in [0.25, 0.3) is 0 Å². The Balaban J connectivity index is 1.39. The molecule has 0 aliphatic carbocycles. The molecule has 0 saturated heterocycles. The SMILES string of the molecule is C/C(=C\C(=O)Nc1ccccc1OCCCC(=O)O)c1ccc2c(ccn2C(c2cccc(C)c2)c2ccccc2C)c1.